The first-order valence-corrected chi connectivity index (χ1v) is 10.5. The Bertz CT molecular complexity index is 1570. The molecule has 0 aliphatic heterocycles. The maximum absolute atomic E-state index is 12.6. The molecule has 152 valence electrons. The molecular weight excluding hydrogens is 408 g/mol. The average Bonchev–Trinajstić information content (AvgIpc) is 2.78. The number of nitrogens with zero attached hydrogens (tertiary/aromatic N) is 2. The van der Waals surface area contributed by atoms with Gasteiger partial charge in [0.05, 0.1) is 5.69 Å². The summed E-state index contributed by atoms with van der Waals surface area (Å²) in [6, 6.07) is 24.4. The van der Waals surface area contributed by atoms with E-state index in [-0.39, 0.29) is 5.56 Å². The van der Waals surface area contributed by atoms with Gasteiger partial charge in [0, 0.05) is 27.2 Å². The summed E-state index contributed by atoms with van der Waals surface area (Å²) in [5, 5.41) is 0.544. The molecule has 6 aromatic rings. The zero-order valence-electron chi connectivity index (χ0n) is 16.6. The van der Waals surface area contributed by atoms with Crippen LogP contribution in [0.2, 0.25) is 0 Å². The minimum Gasteiger partial charge on any atom is -0.439 e. The average molecular weight is 427 g/mol. The molecular formula is C24H18N4O2S. The summed E-state index contributed by atoms with van der Waals surface area (Å²) in [6.07, 6.45) is 0. The molecule has 0 radical (unpaired) electrons. The number of H-pyrrole nitrogens is 2. The van der Waals surface area contributed by atoms with E-state index in [4.69, 9.17) is 9.40 Å². The highest BCUT2D eigenvalue weighted by Crippen LogP contribution is 2.22. The second-order valence-corrected chi connectivity index (χ2v) is 7.92. The highest BCUT2D eigenvalue weighted by atomic mass is 32.1. The fourth-order valence-electron chi connectivity index (χ4n) is 3.26. The van der Waals surface area contributed by atoms with Crippen LogP contribution >= 0.6 is 11.5 Å². The van der Waals surface area contributed by atoms with E-state index in [1.54, 1.807) is 24.3 Å². The van der Waals surface area contributed by atoms with Crippen LogP contribution in [0.3, 0.4) is 0 Å². The third-order valence-electron chi connectivity index (χ3n) is 4.81. The van der Waals surface area contributed by atoms with Gasteiger partial charge in [-0.1, -0.05) is 41.9 Å². The molecule has 6 rings (SSSR count). The molecule has 0 saturated carbocycles. The van der Waals surface area contributed by atoms with E-state index in [9.17, 15) is 4.79 Å². The molecule has 0 saturated heterocycles. The van der Waals surface area contributed by atoms with Crippen molar-refractivity contribution in [2.75, 3.05) is 0 Å². The molecule has 3 aromatic heterocycles. The van der Waals surface area contributed by atoms with Crippen LogP contribution in [0.5, 0.6) is 0 Å². The number of aromatic amines is 2. The Morgan fingerprint density at radius 1 is 0.903 bits per heavy atom. The fraction of sp³-hybridized carbons (Fsp3) is 0.0417. The van der Waals surface area contributed by atoms with Crippen LogP contribution in [0, 0.1) is 6.92 Å². The second-order valence-electron chi connectivity index (χ2n) is 7.04. The second kappa shape index (κ2) is 8.04. The maximum Gasteiger partial charge on any atom is 0.255 e. The van der Waals surface area contributed by atoms with E-state index in [0.717, 1.165) is 21.5 Å². The van der Waals surface area contributed by atoms with Gasteiger partial charge in [-0.05, 0) is 55.0 Å². The van der Waals surface area contributed by atoms with Gasteiger partial charge in [0.1, 0.15) is 5.58 Å². The number of nitrogens with one attached hydrogen (secondary N) is 2. The largest absolute Gasteiger partial charge is 0.439 e. The number of aromatic nitrogens is 4. The SMILES string of the molecule is Cc1ccccc1-c1cc2nc(n1)[nH]sc1cccc(c1)[nH]c(=O)c1ccc(cc1)o2. The van der Waals surface area contributed by atoms with Gasteiger partial charge < -0.3 is 9.40 Å². The van der Waals surface area contributed by atoms with Gasteiger partial charge in [-0.25, -0.2) is 4.98 Å². The fourth-order valence-corrected chi connectivity index (χ4v) is 3.89. The molecule has 2 N–H and O–H groups in total. The zero-order valence-corrected chi connectivity index (χ0v) is 17.4. The summed E-state index contributed by atoms with van der Waals surface area (Å²) in [4.78, 5) is 24.7. The molecule has 0 atom stereocenters. The minimum atomic E-state index is -0.182. The lowest BCUT2D eigenvalue weighted by molar-refractivity contribution is 0.640. The lowest BCUT2D eigenvalue weighted by Gasteiger charge is -2.04. The summed E-state index contributed by atoms with van der Waals surface area (Å²) in [5.41, 5.74) is 4.40. The minimum absolute atomic E-state index is 0.182. The Hall–Kier alpha value is -3.97. The third kappa shape index (κ3) is 4.17. The molecule has 0 fully saturated rings. The molecule has 6 nitrogen and oxygen atoms in total. The summed E-state index contributed by atoms with van der Waals surface area (Å²) in [7, 11) is 0. The predicted molar refractivity (Wildman–Crippen MR) is 125 cm³/mol. The molecule has 0 aliphatic rings. The summed E-state index contributed by atoms with van der Waals surface area (Å²) < 4.78 is 10.1. The van der Waals surface area contributed by atoms with Crippen LogP contribution < -0.4 is 5.56 Å². The van der Waals surface area contributed by atoms with Crippen molar-refractivity contribution in [3.63, 3.8) is 0 Å². The molecule has 0 spiro atoms. The molecule has 0 unspecified atom stereocenters. The van der Waals surface area contributed by atoms with E-state index in [1.165, 1.54) is 11.5 Å². The smallest absolute Gasteiger partial charge is 0.255 e. The van der Waals surface area contributed by atoms with Crippen LogP contribution in [0.25, 0.3) is 43.9 Å². The topological polar surface area (TPSA) is 87.6 Å². The first-order valence-electron chi connectivity index (χ1n) is 9.71. The van der Waals surface area contributed by atoms with E-state index in [0.29, 0.717) is 28.0 Å². The van der Waals surface area contributed by atoms with Crippen molar-refractivity contribution in [2.45, 2.75) is 6.92 Å². The Balaban J connectivity index is 1.89. The van der Waals surface area contributed by atoms with Gasteiger partial charge >= 0.3 is 0 Å². The number of rotatable bonds is 1. The van der Waals surface area contributed by atoms with Crippen LogP contribution in [0.4, 0.5) is 0 Å². The number of fused-ring (bicyclic) bond motifs is 4. The monoisotopic (exact) mass is 426 g/mol. The number of hydrogen-bond acceptors (Lipinski definition) is 5. The van der Waals surface area contributed by atoms with Crippen molar-refractivity contribution >= 4 is 44.2 Å². The Morgan fingerprint density at radius 2 is 1.74 bits per heavy atom. The maximum atomic E-state index is 12.6. The van der Waals surface area contributed by atoms with Crippen molar-refractivity contribution in [3.8, 4) is 11.3 Å². The third-order valence-corrected chi connectivity index (χ3v) is 5.59. The van der Waals surface area contributed by atoms with Gasteiger partial charge in [0.25, 0.3) is 5.56 Å². The molecule has 0 aliphatic carbocycles. The number of benzene rings is 3. The van der Waals surface area contributed by atoms with Gasteiger partial charge in [0.15, 0.2) is 0 Å². The van der Waals surface area contributed by atoms with Crippen molar-refractivity contribution in [1.29, 1.82) is 0 Å². The standard InChI is InChI=1S/C24H18N4O2S/c1-15-5-2-3-8-20(15)21-14-22-27-24(26-21)28-31-19-7-4-6-17(13-19)25-23(29)16-9-11-18(30-22)12-10-16/h2-14H,1H3,(H,25,29)(H,26,27,28). The number of hydrogen-bond donors (Lipinski definition) is 2. The van der Waals surface area contributed by atoms with Crippen LogP contribution in [0.15, 0.2) is 88.1 Å². The van der Waals surface area contributed by atoms with E-state index in [2.05, 4.69) is 14.3 Å². The molecule has 3 heterocycles. The van der Waals surface area contributed by atoms with E-state index >= 15 is 0 Å². The lowest BCUT2D eigenvalue weighted by Crippen LogP contribution is -2.01. The van der Waals surface area contributed by atoms with Crippen molar-refractivity contribution < 1.29 is 4.42 Å². The van der Waals surface area contributed by atoms with Crippen molar-refractivity contribution in [3.05, 3.63) is 94.8 Å². The summed E-state index contributed by atoms with van der Waals surface area (Å²) >= 11 is 1.36. The number of aryl methyl sites for hydroxylation is 1. The van der Waals surface area contributed by atoms with Crippen LogP contribution in [0.1, 0.15) is 5.56 Å². The highest BCUT2D eigenvalue weighted by Gasteiger charge is 2.05. The molecule has 6 bridgehead atoms. The quantitative estimate of drug-likeness (QED) is 0.353. The van der Waals surface area contributed by atoms with Crippen LogP contribution in [-0.2, 0) is 0 Å². The van der Waals surface area contributed by atoms with Gasteiger partial charge in [-0.15, -0.1) is 0 Å². The Labute approximate surface area is 181 Å². The zero-order chi connectivity index (χ0) is 21.2. The van der Waals surface area contributed by atoms with Gasteiger partial charge in [-0.3, -0.25) is 9.17 Å². The van der Waals surface area contributed by atoms with E-state index in [1.807, 2.05) is 61.5 Å². The summed E-state index contributed by atoms with van der Waals surface area (Å²) in [5.74, 6) is 0.432. The Morgan fingerprint density at radius 3 is 2.58 bits per heavy atom. The van der Waals surface area contributed by atoms with Gasteiger partial charge in [-0.2, -0.15) is 4.98 Å². The predicted octanol–water partition coefficient (Wildman–Crippen LogP) is 5.83. The van der Waals surface area contributed by atoms with Gasteiger partial charge in [0.2, 0.25) is 11.5 Å². The lowest BCUT2D eigenvalue weighted by atomic mass is 10.1. The normalized spacial score (nSPS) is 10.9. The van der Waals surface area contributed by atoms with Crippen molar-refractivity contribution in [2.24, 2.45) is 0 Å². The van der Waals surface area contributed by atoms with E-state index < -0.39 is 0 Å². The first-order chi connectivity index (χ1) is 15.1. The molecule has 3 aromatic carbocycles. The van der Waals surface area contributed by atoms with Crippen LogP contribution in [-0.4, -0.2) is 19.3 Å². The molecule has 31 heavy (non-hydrogen) atoms. The first kappa shape index (κ1) is 19.0. The van der Waals surface area contributed by atoms with Crippen molar-refractivity contribution in [1.82, 2.24) is 19.3 Å². The molecule has 0 amide bonds. The summed E-state index contributed by atoms with van der Waals surface area (Å²) in [6.45, 7) is 2.05. The highest BCUT2D eigenvalue weighted by molar-refractivity contribution is 7.11. The Kier molecular flexibility index (Phi) is 4.93. The molecule has 7 heteroatoms.